The van der Waals surface area contributed by atoms with Crippen molar-refractivity contribution < 1.29 is 28.2 Å². The highest BCUT2D eigenvalue weighted by molar-refractivity contribution is 6.31. The van der Waals surface area contributed by atoms with Crippen LogP contribution in [-0.4, -0.2) is 112 Å². The molecule has 6 atom stereocenters. The number of fused-ring (bicyclic) bond motifs is 4. The van der Waals surface area contributed by atoms with E-state index in [2.05, 4.69) is 29.6 Å². The molecule has 3 aromatic carbocycles. The number of ether oxygens (including phenoxy) is 1. The van der Waals surface area contributed by atoms with Crippen molar-refractivity contribution in [3.63, 3.8) is 0 Å². The van der Waals surface area contributed by atoms with Gasteiger partial charge in [-0.25, -0.2) is 18.7 Å². The summed E-state index contributed by atoms with van der Waals surface area (Å²) in [6, 6.07) is 27.6. The summed E-state index contributed by atoms with van der Waals surface area (Å²) < 4.78 is 33.6. The normalized spacial score (nSPS) is 25.4. The molecule has 0 spiro atoms. The highest BCUT2D eigenvalue weighted by Crippen LogP contribution is 2.40. The molecule has 0 radical (unpaired) electrons. The molecule has 2 amide bonds. The number of carbonyl (C=O) groups excluding carboxylic acids is 2. The molecule has 6 aliphatic rings. The third kappa shape index (κ3) is 8.14. The number of likely N-dealkylation sites (tertiary alicyclic amines) is 2. The number of carbonyl (C=O) groups is 2. The zero-order valence-electron chi connectivity index (χ0n) is 34.3. The third-order valence-electron chi connectivity index (χ3n) is 13.4. The number of rotatable bonds is 9. The summed E-state index contributed by atoms with van der Waals surface area (Å²) in [5, 5.41) is 9.56. The summed E-state index contributed by atoms with van der Waals surface area (Å²) >= 11 is 11.6. The van der Waals surface area contributed by atoms with Crippen molar-refractivity contribution in [3.05, 3.63) is 131 Å². The smallest absolute Gasteiger partial charge is 0.244 e. The van der Waals surface area contributed by atoms with Crippen LogP contribution >= 0.6 is 23.2 Å². The van der Waals surface area contributed by atoms with Gasteiger partial charge in [0.1, 0.15) is 41.4 Å². The van der Waals surface area contributed by atoms with Gasteiger partial charge in [-0.2, -0.15) is 0 Å². The second-order valence-corrected chi connectivity index (χ2v) is 17.9. The molecule has 6 saturated heterocycles. The maximum atomic E-state index is 13.9. The van der Waals surface area contributed by atoms with Crippen molar-refractivity contribution in [1.82, 2.24) is 19.8 Å². The van der Waals surface area contributed by atoms with E-state index in [9.17, 15) is 23.5 Å². The van der Waals surface area contributed by atoms with E-state index in [1.807, 2.05) is 48.5 Å². The maximum Gasteiger partial charge on any atom is 0.244 e. The summed E-state index contributed by atoms with van der Waals surface area (Å²) in [5.74, 6) is 1.78. The average Bonchev–Trinajstić information content (AvgIpc) is 4.18. The minimum atomic E-state index is -0.507. The van der Waals surface area contributed by atoms with E-state index in [0.717, 1.165) is 74.8 Å². The Kier molecular flexibility index (Phi) is 11.3. The van der Waals surface area contributed by atoms with Gasteiger partial charge in [0.05, 0.1) is 34.5 Å². The molecule has 0 saturated carbocycles. The molecular weight excluding hydrogens is 849 g/mol. The van der Waals surface area contributed by atoms with Crippen molar-refractivity contribution in [1.29, 1.82) is 0 Å². The number of aromatic nitrogens is 2. The Bertz CT molecular complexity index is 2490. The molecule has 0 unspecified atom stereocenters. The Morgan fingerprint density at radius 3 is 1.60 bits per heavy atom. The fourth-order valence-electron chi connectivity index (χ4n) is 10.4. The lowest BCUT2D eigenvalue weighted by molar-refractivity contribution is -0.122. The van der Waals surface area contributed by atoms with Crippen molar-refractivity contribution in [2.45, 2.75) is 68.5 Å². The maximum absolute atomic E-state index is 13.9. The summed E-state index contributed by atoms with van der Waals surface area (Å²) in [7, 11) is 0. The van der Waals surface area contributed by atoms with E-state index < -0.39 is 11.6 Å². The second-order valence-electron chi connectivity index (χ2n) is 17.1. The van der Waals surface area contributed by atoms with Crippen LogP contribution in [0.1, 0.15) is 31.2 Å². The summed E-state index contributed by atoms with van der Waals surface area (Å²) in [6.07, 6.45) is 6.76. The lowest BCUT2D eigenvalue weighted by Crippen LogP contribution is -2.53. The number of hydrogen-bond donors (Lipinski definition) is 1. The van der Waals surface area contributed by atoms with Gasteiger partial charge >= 0.3 is 0 Å². The molecule has 5 aromatic rings. The fourth-order valence-corrected chi connectivity index (χ4v) is 10.6. The van der Waals surface area contributed by atoms with E-state index in [0.29, 0.717) is 55.2 Å². The van der Waals surface area contributed by atoms with Crippen LogP contribution in [0.5, 0.6) is 11.5 Å². The number of benzene rings is 3. The van der Waals surface area contributed by atoms with Crippen LogP contribution in [0.15, 0.2) is 103 Å². The number of hydrogen-bond acceptors (Lipinski definition) is 10. The van der Waals surface area contributed by atoms with Gasteiger partial charge in [0.25, 0.3) is 0 Å². The number of piperazine rings is 2. The van der Waals surface area contributed by atoms with Crippen LogP contribution in [0, 0.1) is 11.6 Å². The van der Waals surface area contributed by atoms with Crippen molar-refractivity contribution in [3.8, 4) is 11.5 Å². The van der Waals surface area contributed by atoms with E-state index in [1.165, 1.54) is 30.5 Å². The molecule has 326 valence electrons. The molecule has 8 heterocycles. The Morgan fingerprint density at radius 1 is 0.635 bits per heavy atom. The quantitative estimate of drug-likeness (QED) is 0.164. The predicted molar refractivity (Wildman–Crippen MR) is 238 cm³/mol. The van der Waals surface area contributed by atoms with E-state index in [-0.39, 0.29) is 39.7 Å². The molecule has 6 fully saturated rings. The average molecular weight is 896 g/mol. The highest BCUT2D eigenvalue weighted by Gasteiger charge is 2.51. The molecule has 2 aromatic heterocycles. The largest absolute Gasteiger partial charge is 0.506 e. The van der Waals surface area contributed by atoms with Gasteiger partial charge in [-0.1, -0.05) is 53.5 Å². The van der Waals surface area contributed by atoms with Crippen LogP contribution in [0.2, 0.25) is 10.0 Å². The van der Waals surface area contributed by atoms with Crippen LogP contribution in [0.3, 0.4) is 0 Å². The van der Waals surface area contributed by atoms with Crippen LogP contribution in [-0.2, 0) is 16.2 Å². The molecule has 12 nitrogen and oxygen atoms in total. The molecule has 11 rings (SSSR count). The number of pyridine rings is 2. The minimum Gasteiger partial charge on any atom is -0.506 e. The van der Waals surface area contributed by atoms with Crippen molar-refractivity contribution >= 4 is 58.0 Å². The van der Waals surface area contributed by atoms with E-state index >= 15 is 0 Å². The van der Waals surface area contributed by atoms with Gasteiger partial charge < -0.3 is 29.4 Å². The van der Waals surface area contributed by atoms with Gasteiger partial charge in [0.2, 0.25) is 11.8 Å². The standard InChI is InChI=1S/C27H26ClFN4O2.C20H20ClFN4O2/c28-23-8-6-19(13-24(23)29)31-11-10-25(27(31)34)32-15-21-12-20(32)16-33(21)26-9-7-22(14-30-26)35-17-18-4-2-1-3-5-18;21-16-3-1-12(8-17(16)22)24-6-5-18(20(24)28)25-10-14-7-13(25)11-26(14)19-4-2-15(27)9-23-19/h1-9,13-14,20-21,25H,10-12,15-17H2;1-4,8-9,13-14,18,27H,5-7,10-11H2/t20-,21-,25+;13-,14-,18+/m00/s1. The van der Waals surface area contributed by atoms with Gasteiger partial charge in [0, 0.05) is 74.8 Å². The zero-order valence-corrected chi connectivity index (χ0v) is 35.8. The molecule has 63 heavy (non-hydrogen) atoms. The first-order valence-corrected chi connectivity index (χ1v) is 22.2. The first kappa shape index (κ1) is 41.5. The number of aromatic hydroxyl groups is 1. The lowest BCUT2D eigenvalue weighted by Gasteiger charge is -2.37. The zero-order chi connectivity index (χ0) is 43.4. The first-order valence-electron chi connectivity index (χ1n) is 21.4. The molecule has 16 heteroatoms. The van der Waals surface area contributed by atoms with Crippen LogP contribution in [0.25, 0.3) is 0 Å². The molecule has 6 aliphatic heterocycles. The second kappa shape index (κ2) is 17.2. The summed E-state index contributed by atoms with van der Waals surface area (Å²) in [6.45, 7) is 5.00. The van der Waals surface area contributed by atoms with Gasteiger partial charge in [-0.3, -0.25) is 19.4 Å². The number of amides is 2. The van der Waals surface area contributed by atoms with E-state index in [4.69, 9.17) is 27.9 Å². The number of anilines is 4. The Morgan fingerprint density at radius 2 is 1.16 bits per heavy atom. The highest BCUT2D eigenvalue weighted by atomic mass is 35.5. The van der Waals surface area contributed by atoms with Crippen molar-refractivity contribution in [2.75, 3.05) is 58.9 Å². The molecule has 1 N–H and O–H groups in total. The van der Waals surface area contributed by atoms with Gasteiger partial charge in [-0.05, 0) is 91.9 Å². The van der Waals surface area contributed by atoms with E-state index in [1.54, 1.807) is 34.2 Å². The number of halogens is 4. The monoisotopic (exact) mass is 894 g/mol. The topological polar surface area (TPSA) is 109 Å². The minimum absolute atomic E-state index is 0.0311. The first-order chi connectivity index (χ1) is 30.6. The fraction of sp³-hybridized carbons (Fsp3) is 0.362. The Hall–Kier alpha value is -5.54. The number of nitrogens with zero attached hydrogens (tertiary/aromatic N) is 8. The van der Waals surface area contributed by atoms with Crippen LogP contribution in [0.4, 0.5) is 31.8 Å². The molecular formula is C47H46Cl2F2N8O4. The van der Waals surface area contributed by atoms with Gasteiger partial charge in [-0.15, -0.1) is 0 Å². The van der Waals surface area contributed by atoms with Crippen molar-refractivity contribution in [2.24, 2.45) is 0 Å². The third-order valence-corrected chi connectivity index (χ3v) is 14.1. The summed E-state index contributed by atoms with van der Waals surface area (Å²) in [4.78, 5) is 47.8. The lowest BCUT2D eigenvalue weighted by atomic mass is 10.1. The Labute approximate surface area is 374 Å². The summed E-state index contributed by atoms with van der Waals surface area (Å²) in [5.41, 5.74) is 2.26. The predicted octanol–water partition coefficient (Wildman–Crippen LogP) is 7.17. The molecule has 4 bridgehead atoms. The van der Waals surface area contributed by atoms with Crippen LogP contribution < -0.4 is 24.3 Å². The SMILES string of the molecule is O=C1[C@H](N2C[C@@H]3C[C@H]2CN3c2ccc(O)cn2)CCN1c1ccc(Cl)c(F)c1.O=C1[C@H](N2C[C@@H]3C[C@H]2CN3c2ccc(OCc3ccccc3)cn2)CCN1c1ccc(Cl)c(F)c1. The molecule has 0 aliphatic carbocycles. The Balaban J connectivity index is 0.000000153. The van der Waals surface area contributed by atoms with Gasteiger partial charge in [0.15, 0.2) is 0 Å².